The van der Waals surface area contributed by atoms with Crippen molar-refractivity contribution in [3.8, 4) is 0 Å². The molecule has 29 heavy (non-hydrogen) atoms. The van der Waals surface area contributed by atoms with E-state index in [-0.39, 0.29) is 23.9 Å². The molecule has 3 N–H and O–H groups in total. The second kappa shape index (κ2) is 8.95. The van der Waals surface area contributed by atoms with Gasteiger partial charge in [-0.2, -0.15) is 0 Å². The normalized spacial score (nSPS) is 22.3. The third-order valence-corrected chi connectivity index (χ3v) is 6.33. The van der Waals surface area contributed by atoms with Crippen molar-refractivity contribution in [3.05, 3.63) is 30.2 Å². The van der Waals surface area contributed by atoms with Crippen LogP contribution in [0.4, 0.5) is 0 Å². The van der Waals surface area contributed by atoms with E-state index < -0.39 is 0 Å². The summed E-state index contributed by atoms with van der Waals surface area (Å²) < 4.78 is 0. The maximum Gasteiger partial charge on any atom is 0.267 e. The van der Waals surface area contributed by atoms with E-state index in [2.05, 4.69) is 25.5 Å². The molecule has 7 nitrogen and oxygen atoms in total. The SMILES string of the molecule is CC(C(=O)NC1CCCCC1)N1CCCC(NC(=O)c2cc3cnccc3[nH]2)C1. The number of likely N-dealkylation sites (tertiary alicyclic amines) is 1. The van der Waals surface area contributed by atoms with E-state index in [1.54, 1.807) is 12.4 Å². The lowest BCUT2D eigenvalue weighted by Crippen LogP contribution is -2.55. The number of hydrogen-bond donors (Lipinski definition) is 3. The fourth-order valence-corrected chi connectivity index (χ4v) is 4.57. The number of fused-ring (bicyclic) bond motifs is 1. The van der Waals surface area contributed by atoms with E-state index in [1.807, 2.05) is 19.1 Å². The van der Waals surface area contributed by atoms with Gasteiger partial charge in [0.15, 0.2) is 0 Å². The molecule has 1 aliphatic heterocycles. The van der Waals surface area contributed by atoms with Gasteiger partial charge in [-0.15, -0.1) is 0 Å². The van der Waals surface area contributed by atoms with E-state index in [4.69, 9.17) is 0 Å². The van der Waals surface area contributed by atoms with Crippen molar-refractivity contribution in [2.45, 2.75) is 70.0 Å². The first-order valence-corrected chi connectivity index (χ1v) is 10.9. The molecule has 2 amide bonds. The number of H-pyrrole nitrogens is 1. The Morgan fingerprint density at radius 2 is 1.93 bits per heavy atom. The van der Waals surface area contributed by atoms with Gasteiger partial charge in [0.25, 0.3) is 5.91 Å². The Bertz CT molecular complexity index is 825. The molecule has 4 rings (SSSR count). The van der Waals surface area contributed by atoms with Crippen molar-refractivity contribution in [1.82, 2.24) is 25.5 Å². The summed E-state index contributed by atoms with van der Waals surface area (Å²) in [5, 5.41) is 7.30. The summed E-state index contributed by atoms with van der Waals surface area (Å²) in [6.07, 6.45) is 11.2. The molecule has 0 bridgehead atoms. The third kappa shape index (κ3) is 4.78. The minimum Gasteiger partial charge on any atom is -0.352 e. The molecular weight excluding hydrogens is 366 g/mol. The lowest BCUT2D eigenvalue weighted by atomic mass is 9.95. The quantitative estimate of drug-likeness (QED) is 0.723. The number of rotatable bonds is 5. The molecule has 156 valence electrons. The van der Waals surface area contributed by atoms with Crippen LogP contribution in [0.2, 0.25) is 0 Å². The minimum absolute atomic E-state index is 0.0470. The Morgan fingerprint density at radius 3 is 2.72 bits per heavy atom. The second-order valence-corrected chi connectivity index (χ2v) is 8.47. The minimum atomic E-state index is -0.171. The molecular formula is C22H31N5O2. The highest BCUT2D eigenvalue weighted by Crippen LogP contribution is 2.19. The number of pyridine rings is 1. The third-order valence-electron chi connectivity index (χ3n) is 6.33. The molecule has 2 fully saturated rings. The highest BCUT2D eigenvalue weighted by Gasteiger charge is 2.29. The van der Waals surface area contributed by atoms with Crippen LogP contribution in [0.15, 0.2) is 24.5 Å². The number of nitrogens with zero attached hydrogens (tertiary/aromatic N) is 2. The van der Waals surface area contributed by atoms with Gasteiger partial charge in [-0.3, -0.25) is 19.5 Å². The predicted molar refractivity (Wildman–Crippen MR) is 113 cm³/mol. The number of amides is 2. The van der Waals surface area contributed by atoms with Gasteiger partial charge in [-0.25, -0.2) is 0 Å². The Labute approximate surface area is 171 Å². The van der Waals surface area contributed by atoms with Gasteiger partial charge in [-0.1, -0.05) is 19.3 Å². The zero-order chi connectivity index (χ0) is 20.2. The number of hydrogen-bond acceptors (Lipinski definition) is 4. The number of carbonyl (C=O) groups is 2. The summed E-state index contributed by atoms with van der Waals surface area (Å²) in [4.78, 5) is 34.8. The molecule has 0 aromatic carbocycles. The van der Waals surface area contributed by atoms with Gasteiger partial charge in [0.05, 0.1) is 6.04 Å². The summed E-state index contributed by atoms with van der Waals surface area (Å²) in [6, 6.07) is 3.90. The first kappa shape index (κ1) is 19.9. The molecule has 2 aromatic heterocycles. The summed E-state index contributed by atoms with van der Waals surface area (Å²) in [7, 11) is 0. The average Bonchev–Trinajstić information content (AvgIpc) is 3.18. The highest BCUT2D eigenvalue weighted by molar-refractivity contribution is 5.97. The maximum absolute atomic E-state index is 12.7. The monoisotopic (exact) mass is 397 g/mol. The van der Waals surface area contributed by atoms with Crippen molar-refractivity contribution >= 4 is 22.7 Å². The first-order chi connectivity index (χ1) is 14.1. The summed E-state index contributed by atoms with van der Waals surface area (Å²) in [6.45, 7) is 3.57. The van der Waals surface area contributed by atoms with E-state index >= 15 is 0 Å². The molecule has 2 aromatic rings. The zero-order valence-electron chi connectivity index (χ0n) is 17.1. The van der Waals surface area contributed by atoms with E-state index in [0.717, 1.165) is 43.1 Å². The van der Waals surface area contributed by atoms with Crippen LogP contribution >= 0.6 is 0 Å². The average molecular weight is 398 g/mol. The summed E-state index contributed by atoms with van der Waals surface area (Å²) in [5.74, 6) is 0.0133. The van der Waals surface area contributed by atoms with Gasteiger partial charge in [0, 0.05) is 41.9 Å². The highest BCUT2D eigenvalue weighted by atomic mass is 16.2. The number of aromatic amines is 1. The molecule has 2 unspecified atom stereocenters. The molecule has 1 saturated carbocycles. The van der Waals surface area contributed by atoms with E-state index in [1.165, 1.54) is 19.3 Å². The van der Waals surface area contributed by atoms with Crippen molar-refractivity contribution < 1.29 is 9.59 Å². The molecule has 3 heterocycles. The van der Waals surface area contributed by atoms with Crippen molar-refractivity contribution in [2.75, 3.05) is 13.1 Å². The first-order valence-electron chi connectivity index (χ1n) is 10.9. The Hall–Kier alpha value is -2.41. The van der Waals surface area contributed by atoms with Crippen LogP contribution in [0.3, 0.4) is 0 Å². The Balaban J connectivity index is 1.32. The maximum atomic E-state index is 12.7. The van der Waals surface area contributed by atoms with Crippen LogP contribution in [-0.2, 0) is 4.79 Å². The Kier molecular flexibility index (Phi) is 6.13. The number of carbonyl (C=O) groups excluding carboxylic acids is 2. The van der Waals surface area contributed by atoms with Crippen molar-refractivity contribution in [1.29, 1.82) is 0 Å². The lowest BCUT2D eigenvalue weighted by Gasteiger charge is -2.37. The van der Waals surface area contributed by atoms with Crippen LogP contribution in [-0.4, -0.2) is 57.9 Å². The fraction of sp³-hybridized carbons (Fsp3) is 0.591. The fourth-order valence-electron chi connectivity index (χ4n) is 4.57. The predicted octanol–water partition coefficient (Wildman–Crippen LogP) is 2.59. The van der Waals surface area contributed by atoms with Crippen molar-refractivity contribution in [2.24, 2.45) is 0 Å². The van der Waals surface area contributed by atoms with Crippen LogP contribution < -0.4 is 10.6 Å². The Morgan fingerprint density at radius 1 is 1.14 bits per heavy atom. The zero-order valence-corrected chi connectivity index (χ0v) is 17.1. The molecule has 0 radical (unpaired) electrons. The largest absolute Gasteiger partial charge is 0.352 e. The summed E-state index contributed by atoms with van der Waals surface area (Å²) in [5.41, 5.74) is 1.46. The van der Waals surface area contributed by atoms with Crippen LogP contribution in [0.5, 0.6) is 0 Å². The van der Waals surface area contributed by atoms with E-state index in [0.29, 0.717) is 18.3 Å². The smallest absolute Gasteiger partial charge is 0.267 e. The van der Waals surface area contributed by atoms with Gasteiger partial charge in [-0.05, 0) is 51.3 Å². The lowest BCUT2D eigenvalue weighted by molar-refractivity contribution is -0.127. The number of piperidine rings is 1. The van der Waals surface area contributed by atoms with Gasteiger partial charge in [0.1, 0.15) is 5.69 Å². The van der Waals surface area contributed by atoms with Gasteiger partial charge < -0.3 is 15.6 Å². The number of aromatic nitrogens is 2. The van der Waals surface area contributed by atoms with E-state index in [9.17, 15) is 9.59 Å². The second-order valence-electron chi connectivity index (χ2n) is 8.47. The molecule has 0 spiro atoms. The molecule has 1 saturated heterocycles. The molecule has 2 aliphatic rings. The molecule has 2 atom stereocenters. The van der Waals surface area contributed by atoms with Gasteiger partial charge in [0.2, 0.25) is 5.91 Å². The topological polar surface area (TPSA) is 90.1 Å². The summed E-state index contributed by atoms with van der Waals surface area (Å²) >= 11 is 0. The standard InChI is InChI=1S/C22H31N5O2/c1-15(21(28)24-17-6-3-2-4-7-17)27-11-5-8-18(14-27)25-22(29)20-12-16-13-23-10-9-19(16)26-20/h9-10,12-13,15,17-18,26H,2-8,11,14H2,1H3,(H,24,28)(H,25,29). The molecule has 1 aliphatic carbocycles. The van der Waals surface area contributed by atoms with Crippen molar-refractivity contribution in [3.63, 3.8) is 0 Å². The van der Waals surface area contributed by atoms with Gasteiger partial charge >= 0.3 is 0 Å². The van der Waals surface area contributed by atoms with Crippen LogP contribution in [0.1, 0.15) is 62.4 Å². The van der Waals surface area contributed by atoms with Crippen LogP contribution in [0.25, 0.3) is 10.9 Å². The number of nitrogens with one attached hydrogen (secondary N) is 3. The van der Waals surface area contributed by atoms with Crippen LogP contribution in [0, 0.1) is 0 Å². The molecule has 7 heteroatoms.